The Labute approximate surface area is 167 Å². The summed E-state index contributed by atoms with van der Waals surface area (Å²) in [6.45, 7) is 0. The lowest BCUT2D eigenvalue weighted by molar-refractivity contribution is -0.116. The summed E-state index contributed by atoms with van der Waals surface area (Å²) in [5.74, 6) is 0.740. The number of thiazole rings is 1. The summed E-state index contributed by atoms with van der Waals surface area (Å²) in [7, 11) is 0. The molecule has 0 radical (unpaired) electrons. The van der Waals surface area contributed by atoms with Crippen LogP contribution in [-0.4, -0.2) is 21.0 Å². The smallest absolute Gasteiger partial charge is 0.227 e. The molecule has 0 aliphatic rings. The van der Waals surface area contributed by atoms with Crippen LogP contribution < -0.4 is 5.32 Å². The molecule has 27 heavy (non-hydrogen) atoms. The number of aromatic nitrogens is 3. The molecule has 136 valence electrons. The molecule has 0 bridgehead atoms. The van der Waals surface area contributed by atoms with Gasteiger partial charge in [-0.15, -0.1) is 22.7 Å². The van der Waals surface area contributed by atoms with Crippen molar-refractivity contribution in [2.24, 2.45) is 0 Å². The second kappa shape index (κ2) is 7.99. The molecule has 1 N–H and O–H groups in total. The molecule has 0 aliphatic heterocycles. The van der Waals surface area contributed by atoms with Gasteiger partial charge >= 0.3 is 0 Å². The van der Waals surface area contributed by atoms with Crippen LogP contribution in [0.15, 0.2) is 51.7 Å². The Balaban J connectivity index is 1.32. The number of hydrogen-bond acceptors (Lipinski definition) is 7. The van der Waals surface area contributed by atoms with Crippen LogP contribution in [0, 0.1) is 0 Å². The second-order valence-corrected chi connectivity index (χ2v) is 7.82. The first-order valence-electron chi connectivity index (χ1n) is 8.05. The molecule has 3 aromatic heterocycles. The van der Waals surface area contributed by atoms with Crippen LogP contribution in [0.2, 0.25) is 5.02 Å². The Morgan fingerprint density at radius 2 is 2.00 bits per heavy atom. The van der Waals surface area contributed by atoms with Crippen molar-refractivity contribution in [2.45, 2.75) is 12.8 Å². The average molecular weight is 417 g/mol. The molecule has 0 saturated carbocycles. The lowest BCUT2D eigenvalue weighted by Crippen LogP contribution is -2.12. The first kappa shape index (κ1) is 17.8. The van der Waals surface area contributed by atoms with E-state index < -0.39 is 0 Å². The third kappa shape index (κ3) is 4.41. The zero-order valence-electron chi connectivity index (χ0n) is 13.9. The van der Waals surface area contributed by atoms with E-state index in [-0.39, 0.29) is 12.3 Å². The van der Waals surface area contributed by atoms with E-state index in [1.807, 2.05) is 35.0 Å². The Morgan fingerprint density at radius 3 is 2.78 bits per heavy atom. The zero-order valence-corrected chi connectivity index (χ0v) is 16.3. The molecule has 1 aromatic carbocycles. The normalized spacial score (nSPS) is 10.9. The molecule has 4 rings (SSSR count). The van der Waals surface area contributed by atoms with Crippen LogP contribution in [-0.2, 0) is 11.2 Å². The van der Waals surface area contributed by atoms with Crippen molar-refractivity contribution < 1.29 is 9.32 Å². The fourth-order valence-electron chi connectivity index (χ4n) is 2.34. The van der Waals surface area contributed by atoms with Crippen molar-refractivity contribution in [2.75, 3.05) is 5.32 Å². The van der Waals surface area contributed by atoms with Crippen molar-refractivity contribution in [1.29, 1.82) is 0 Å². The number of halogens is 1. The molecule has 0 aliphatic carbocycles. The summed E-state index contributed by atoms with van der Waals surface area (Å²) in [6.07, 6.45) is 0.589. The van der Waals surface area contributed by atoms with E-state index in [1.54, 1.807) is 23.5 Å². The van der Waals surface area contributed by atoms with Crippen molar-refractivity contribution in [1.82, 2.24) is 15.1 Å². The van der Waals surface area contributed by atoms with Gasteiger partial charge in [-0.1, -0.05) is 22.8 Å². The predicted octanol–water partition coefficient (Wildman–Crippen LogP) is 5.15. The first-order chi connectivity index (χ1) is 13.2. The number of amides is 1. The van der Waals surface area contributed by atoms with Crippen molar-refractivity contribution in [3.05, 3.63) is 58.1 Å². The Hall–Kier alpha value is -2.55. The Bertz CT molecular complexity index is 1040. The SMILES string of the molecule is O=C(CCc1nc(-c2ccc(Cl)cc2)no1)Nc1nc(-c2cccs2)cs1. The van der Waals surface area contributed by atoms with Gasteiger partial charge in [0.1, 0.15) is 0 Å². The van der Waals surface area contributed by atoms with Crippen LogP contribution in [0.5, 0.6) is 0 Å². The summed E-state index contributed by atoms with van der Waals surface area (Å²) >= 11 is 8.89. The number of rotatable bonds is 6. The minimum absolute atomic E-state index is 0.145. The number of anilines is 1. The third-order valence-corrected chi connectivity index (χ3v) is 5.56. The molecule has 0 saturated heterocycles. The highest BCUT2D eigenvalue weighted by molar-refractivity contribution is 7.16. The van der Waals surface area contributed by atoms with E-state index in [4.69, 9.17) is 16.1 Å². The highest BCUT2D eigenvalue weighted by Crippen LogP contribution is 2.28. The van der Waals surface area contributed by atoms with E-state index in [1.165, 1.54) is 11.3 Å². The molecule has 0 atom stereocenters. The monoisotopic (exact) mass is 416 g/mol. The third-order valence-electron chi connectivity index (χ3n) is 3.66. The van der Waals surface area contributed by atoms with E-state index in [0.29, 0.717) is 28.3 Å². The van der Waals surface area contributed by atoms with Crippen LogP contribution in [0.25, 0.3) is 22.0 Å². The van der Waals surface area contributed by atoms with Gasteiger partial charge in [0.05, 0.1) is 10.6 Å². The van der Waals surface area contributed by atoms with Gasteiger partial charge in [0.15, 0.2) is 5.13 Å². The number of nitrogens with one attached hydrogen (secondary N) is 1. The van der Waals surface area contributed by atoms with Gasteiger partial charge in [-0.2, -0.15) is 4.98 Å². The molecule has 0 spiro atoms. The van der Waals surface area contributed by atoms with Gasteiger partial charge in [-0.3, -0.25) is 4.79 Å². The van der Waals surface area contributed by atoms with Crippen molar-refractivity contribution in [3.63, 3.8) is 0 Å². The number of carbonyl (C=O) groups excluding carboxylic acids is 1. The van der Waals surface area contributed by atoms with Crippen LogP contribution in [0.4, 0.5) is 5.13 Å². The van der Waals surface area contributed by atoms with Gasteiger partial charge in [-0.25, -0.2) is 4.98 Å². The summed E-state index contributed by atoms with van der Waals surface area (Å²) in [4.78, 5) is 22.0. The number of hydrogen-bond donors (Lipinski definition) is 1. The fraction of sp³-hybridized carbons (Fsp3) is 0.111. The minimum Gasteiger partial charge on any atom is -0.339 e. The Morgan fingerprint density at radius 1 is 1.15 bits per heavy atom. The molecule has 0 unspecified atom stereocenters. The van der Waals surface area contributed by atoms with Crippen LogP contribution >= 0.6 is 34.3 Å². The van der Waals surface area contributed by atoms with Crippen LogP contribution in [0.1, 0.15) is 12.3 Å². The van der Waals surface area contributed by atoms with Gasteiger partial charge in [0.2, 0.25) is 17.6 Å². The maximum absolute atomic E-state index is 12.1. The molecule has 6 nitrogen and oxygen atoms in total. The number of nitrogens with zero attached hydrogens (tertiary/aromatic N) is 3. The standard InChI is InChI=1S/C18H13ClN4O2S2/c19-12-5-3-11(4-6-12)17-22-16(25-23-17)8-7-15(24)21-18-20-13(10-27-18)14-2-1-9-26-14/h1-6,9-10H,7-8H2,(H,20,21,24). The maximum atomic E-state index is 12.1. The molecular weight excluding hydrogens is 404 g/mol. The van der Waals surface area contributed by atoms with Gasteiger partial charge < -0.3 is 9.84 Å². The van der Waals surface area contributed by atoms with Crippen LogP contribution in [0.3, 0.4) is 0 Å². The predicted molar refractivity (Wildman–Crippen MR) is 107 cm³/mol. The zero-order chi connectivity index (χ0) is 18.6. The number of carbonyl (C=O) groups is 1. The van der Waals surface area contributed by atoms with Crippen molar-refractivity contribution >= 4 is 45.3 Å². The van der Waals surface area contributed by atoms with Crippen molar-refractivity contribution in [3.8, 4) is 22.0 Å². The van der Waals surface area contributed by atoms with E-state index >= 15 is 0 Å². The lowest BCUT2D eigenvalue weighted by Gasteiger charge is -1.99. The van der Waals surface area contributed by atoms with E-state index in [9.17, 15) is 4.79 Å². The number of benzene rings is 1. The second-order valence-electron chi connectivity index (χ2n) is 5.58. The summed E-state index contributed by atoms with van der Waals surface area (Å²) in [5, 5.41) is 11.9. The first-order valence-corrected chi connectivity index (χ1v) is 10.2. The number of thiophene rings is 1. The summed E-state index contributed by atoms with van der Waals surface area (Å²) in [6, 6.07) is 11.1. The molecule has 9 heteroatoms. The van der Waals surface area contributed by atoms with Gasteiger partial charge in [-0.05, 0) is 35.7 Å². The van der Waals surface area contributed by atoms with E-state index in [0.717, 1.165) is 16.1 Å². The molecule has 4 aromatic rings. The van der Waals surface area contributed by atoms with Gasteiger partial charge in [0.25, 0.3) is 0 Å². The maximum Gasteiger partial charge on any atom is 0.227 e. The largest absolute Gasteiger partial charge is 0.339 e. The highest BCUT2D eigenvalue weighted by Gasteiger charge is 2.12. The number of aryl methyl sites for hydroxylation is 1. The molecule has 0 fully saturated rings. The quantitative estimate of drug-likeness (QED) is 0.470. The molecule has 1 amide bonds. The summed E-state index contributed by atoms with van der Waals surface area (Å²) < 4.78 is 5.22. The molecular formula is C18H13ClN4O2S2. The fourth-order valence-corrected chi connectivity index (χ4v) is 3.96. The molecule has 3 heterocycles. The summed E-state index contributed by atoms with van der Waals surface area (Å²) in [5.41, 5.74) is 1.68. The minimum atomic E-state index is -0.145. The highest BCUT2D eigenvalue weighted by atomic mass is 35.5. The van der Waals surface area contributed by atoms with E-state index in [2.05, 4.69) is 20.4 Å². The lowest BCUT2D eigenvalue weighted by atomic mass is 10.2. The Kier molecular flexibility index (Phi) is 5.28. The van der Waals surface area contributed by atoms with Gasteiger partial charge in [0, 0.05) is 28.8 Å². The average Bonchev–Trinajstić information content (AvgIpc) is 3.42. The topological polar surface area (TPSA) is 80.9 Å².